The second-order valence-corrected chi connectivity index (χ2v) is 10.5. The van der Waals surface area contributed by atoms with Crippen molar-refractivity contribution in [1.29, 1.82) is 0 Å². The molecule has 186 valence electrons. The van der Waals surface area contributed by atoms with Gasteiger partial charge in [-0.25, -0.2) is 8.42 Å². The summed E-state index contributed by atoms with van der Waals surface area (Å²) in [6.07, 6.45) is 2.81. The molecular formula is C27H32N2O5S. The van der Waals surface area contributed by atoms with Gasteiger partial charge in [0.25, 0.3) is 5.91 Å². The zero-order chi connectivity index (χ0) is 24.7. The quantitative estimate of drug-likeness (QED) is 0.422. The first-order valence-electron chi connectivity index (χ1n) is 12.1. The van der Waals surface area contributed by atoms with Crippen molar-refractivity contribution >= 4 is 26.7 Å². The van der Waals surface area contributed by atoms with Crippen LogP contribution in [0.3, 0.4) is 0 Å². The highest BCUT2D eigenvalue weighted by atomic mass is 32.2. The Morgan fingerprint density at radius 2 is 1.63 bits per heavy atom. The summed E-state index contributed by atoms with van der Waals surface area (Å²) < 4.78 is 38.7. The number of sulfonamides is 1. The fraction of sp³-hybridized carbons (Fsp3) is 0.370. The Morgan fingerprint density at radius 3 is 2.34 bits per heavy atom. The van der Waals surface area contributed by atoms with Gasteiger partial charge in [0.05, 0.1) is 11.4 Å². The summed E-state index contributed by atoms with van der Waals surface area (Å²) in [6, 6.07) is 20.2. The topological polar surface area (TPSA) is 84.9 Å². The molecule has 0 radical (unpaired) electrons. The van der Waals surface area contributed by atoms with Crippen molar-refractivity contribution in [2.24, 2.45) is 0 Å². The smallest absolute Gasteiger partial charge is 0.261 e. The number of ether oxygens (including phenoxy) is 2. The minimum atomic E-state index is -3.46. The fourth-order valence-electron chi connectivity index (χ4n) is 4.15. The molecule has 8 heteroatoms. The van der Waals surface area contributed by atoms with Gasteiger partial charge in [-0.15, -0.1) is 0 Å². The van der Waals surface area contributed by atoms with Gasteiger partial charge in [-0.1, -0.05) is 43.7 Å². The van der Waals surface area contributed by atoms with E-state index in [2.05, 4.69) is 5.32 Å². The molecule has 1 fully saturated rings. The lowest BCUT2D eigenvalue weighted by Crippen LogP contribution is -2.39. The van der Waals surface area contributed by atoms with Gasteiger partial charge in [0.1, 0.15) is 18.1 Å². The molecule has 3 aromatic rings. The molecule has 1 saturated heterocycles. The number of amides is 1. The van der Waals surface area contributed by atoms with Crippen LogP contribution in [0.4, 0.5) is 0 Å². The number of benzene rings is 3. The number of rotatable bonds is 10. The van der Waals surface area contributed by atoms with E-state index in [1.165, 1.54) is 0 Å². The Labute approximate surface area is 207 Å². The van der Waals surface area contributed by atoms with Crippen LogP contribution in [0.25, 0.3) is 10.8 Å². The zero-order valence-corrected chi connectivity index (χ0v) is 20.8. The lowest BCUT2D eigenvalue weighted by Gasteiger charge is -2.25. The minimum Gasteiger partial charge on any atom is -0.492 e. The van der Waals surface area contributed by atoms with E-state index in [1.807, 2.05) is 49.4 Å². The predicted molar refractivity (Wildman–Crippen MR) is 136 cm³/mol. The third kappa shape index (κ3) is 6.32. The second-order valence-electron chi connectivity index (χ2n) is 8.60. The first-order chi connectivity index (χ1) is 17.0. The highest BCUT2D eigenvalue weighted by Crippen LogP contribution is 2.23. The van der Waals surface area contributed by atoms with E-state index in [9.17, 15) is 13.2 Å². The van der Waals surface area contributed by atoms with Crippen LogP contribution in [0.2, 0.25) is 0 Å². The van der Waals surface area contributed by atoms with E-state index in [4.69, 9.17) is 9.47 Å². The van der Waals surface area contributed by atoms with Crippen molar-refractivity contribution in [2.75, 3.05) is 26.2 Å². The average Bonchev–Trinajstić information content (AvgIpc) is 2.90. The number of carbonyl (C=O) groups is 1. The summed E-state index contributed by atoms with van der Waals surface area (Å²) in [5.74, 6) is 1.00. The van der Waals surface area contributed by atoms with Gasteiger partial charge in [0, 0.05) is 13.1 Å². The van der Waals surface area contributed by atoms with E-state index in [0.29, 0.717) is 37.6 Å². The minimum absolute atomic E-state index is 0.202. The molecule has 0 aromatic heterocycles. The predicted octanol–water partition coefficient (Wildman–Crippen LogP) is 4.37. The van der Waals surface area contributed by atoms with Crippen molar-refractivity contribution in [3.63, 3.8) is 0 Å². The lowest BCUT2D eigenvalue weighted by molar-refractivity contribution is -0.128. The summed E-state index contributed by atoms with van der Waals surface area (Å²) in [5.41, 5.74) is 0. The maximum atomic E-state index is 12.7. The number of hydrogen-bond acceptors (Lipinski definition) is 5. The molecule has 4 rings (SSSR count). The number of piperidine rings is 1. The van der Waals surface area contributed by atoms with E-state index in [0.717, 1.165) is 30.0 Å². The zero-order valence-electron chi connectivity index (χ0n) is 20.0. The first-order valence-corrected chi connectivity index (χ1v) is 13.6. The van der Waals surface area contributed by atoms with E-state index < -0.39 is 16.1 Å². The third-order valence-corrected chi connectivity index (χ3v) is 8.02. The van der Waals surface area contributed by atoms with Crippen LogP contribution in [-0.4, -0.2) is 51.0 Å². The Hall–Kier alpha value is -3.10. The summed E-state index contributed by atoms with van der Waals surface area (Å²) in [7, 11) is -3.46. The molecule has 1 aliphatic rings. The fourth-order valence-corrected chi connectivity index (χ4v) is 5.66. The first kappa shape index (κ1) is 25.0. The normalized spacial score (nSPS) is 15.5. The van der Waals surface area contributed by atoms with Crippen LogP contribution >= 0.6 is 0 Å². The van der Waals surface area contributed by atoms with Crippen molar-refractivity contribution in [3.05, 3.63) is 66.7 Å². The van der Waals surface area contributed by atoms with Crippen LogP contribution in [0.1, 0.15) is 32.6 Å². The van der Waals surface area contributed by atoms with E-state index in [-0.39, 0.29) is 17.4 Å². The van der Waals surface area contributed by atoms with Crippen LogP contribution < -0.4 is 14.8 Å². The third-order valence-electron chi connectivity index (χ3n) is 6.11. The number of nitrogens with one attached hydrogen (secondary N) is 1. The molecule has 3 aromatic carbocycles. The standard InChI is InChI=1S/C27H32N2O5S/c1-2-26(34-24-11-10-21-8-4-5-9-22(21)20-24)27(30)28-16-19-33-23-12-14-25(15-13-23)35(31,32)29-17-6-3-7-18-29/h4-5,8-15,20,26H,2-3,6-7,16-19H2,1H3,(H,28,30). The molecule has 0 bridgehead atoms. The summed E-state index contributed by atoms with van der Waals surface area (Å²) in [4.78, 5) is 12.9. The van der Waals surface area contributed by atoms with Crippen LogP contribution in [0.5, 0.6) is 11.5 Å². The summed E-state index contributed by atoms with van der Waals surface area (Å²) in [6.45, 7) is 3.62. The molecule has 1 N–H and O–H groups in total. The van der Waals surface area contributed by atoms with Gasteiger partial charge < -0.3 is 14.8 Å². The van der Waals surface area contributed by atoms with Crippen LogP contribution in [-0.2, 0) is 14.8 Å². The van der Waals surface area contributed by atoms with Gasteiger partial charge in [-0.05, 0) is 66.4 Å². The monoisotopic (exact) mass is 496 g/mol. The molecule has 0 spiro atoms. The lowest BCUT2D eigenvalue weighted by atomic mass is 10.1. The maximum Gasteiger partial charge on any atom is 0.261 e. The molecule has 1 heterocycles. The Kier molecular flexibility index (Phi) is 8.25. The molecule has 0 saturated carbocycles. The van der Waals surface area contributed by atoms with Crippen molar-refractivity contribution in [3.8, 4) is 11.5 Å². The van der Waals surface area contributed by atoms with E-state index >= 15 is 0 Å². The van der Waals surface area contributed by atoms with Gasteiger partial charge >= 0.3 is 0 Å². The van der Waals surface area contributed by atoms with Gasteiger partial charge in [-0.3, -0.25) is 4.79 Å². The SMILES string of the molecule is CCC(Oc1ccc2ccccc2c1)C(=O)NCCOc1ccc(S(=O)(=O)N2CCCCC2)cc1. The van der Waals surface area contributed by atoms with Crippen LogP contribution in [0, 0.1) is 0 Å². The van der Waals surface area contributed by atoms with Crippen molar-refractivity contribution < 1.29 is 22.7 Å². The number of nitrogens with zero attached hydrogens (tertiary/aromatic N) is 1. The number of fused-ring (bicyclic) bond motifs is 1. The Bertz CT molecular complexity index is 1240. The van der Waals surface area contributed by atoms with E-state index in [1.54, 1.807) is 28.6 Å². The van der Waals surface area contributed by atoms with Crippen molar-refractivity contribution in [2.45, 2.75) is 43.6 Å². The molecule has 1 atom stereocenters. The van der Waals surface area contributed by atoms with Crippen molar-refractivity contribution in [1.82, 2.24) is 9.62 Å². The largest absolute Gasteiger partial charge is 0.492 e. The highest BCUT2D eigenvalue weighted by Gasteiger charge is 2.25. The van der Waals surface area contributed by atoms with Gasteiger partial charge in [0.15, 0.2) is 6.10 Å². The highest BCUT2D eigenvalue weighted by molar-refractivity contribution is 7.89. The summed E-state index contributed by atoms with van der Waals surface area (Å²) >= 11 is 0. The summed E-state index contributed by atoms with van der Waals surface area (Å²) in [5, 5.41) is 5.02. The molecule has 7 nitrogen and oxygen atoms in total. The molecule has 35 heavy (non-hydrogen) atoms. The number of hydrogen-bond donors (Lipinski definition) is 1. The Balaban J connectivity index is 1.24. The molecule has 1 amide bonds. The maximum absolute atomic E-state index is 12.7. The average molecular weight is 497 g/mol. The number of carbonyl (C=O) groups excluding carboxylic acids is 1. The molecule has 1 aliphatic heterocycles. The van der Waals surface area contributed by atoms with Crippen LogP contribution in [0.15, 0.2) is 71.6 Å². The molecule has 1 unspecified atom stereocenters. The Morgan fingerprint density at radius 1 is 0.943 bits per heavy atom. The molecule has 0 aliphatic carbocycles. The van der Waals surface area contributed by atoms with Gasteiger partial charge in [0.2, 0.25) is 10.0 Å². The van der Waals surface area contributed by atoms with Gasteiger partial charge in [-0.2, -0.15) is 4.31 Å². The molecular weight excluding hydrogens is 464 g/mol. The second kappa shape index (κ2) is 11.6.